The summed E-state index contributed by atoms with van der Waals surface area (Å²) in [5.41, 5.74) is 2.55. The van der Waals surface area contributed by atoms with Crippen molar-refractivity contribution in [2.75, 3.05) is 0 Å². The molecule has 58 valence electrons. The van der Waals surface area contributed by atoms with E-state index in [0.29, 0.717) is 0 Å². The van der Waals surface area contributed by atoms with Crippen LogP contribution in [0.3, 0.4) is 0 Å². The molecule has 0 spiro atoms. The van der Waals surface area contributed by atoms with Gasteiger partial charge < -0.3 is 0 Å². The number of hydrogen-bond acceptors (Lipinski definition) is 0. The van der Waals surface area contributed by atoms with Crippen LogP contribution in [-0.4, -0.2) is 0 Å². The lowest BCUT2D eigenvalue weighted by atomic mass is 10.0. The van der Waals surface area contributed by atoms with Crippen LogP contribution in [-0.2, 0) is 0 Å². The first-order chi connectivity index (χ1) is 5.97. The first-order valence-electron chi connectivity index (χ1n) is 4.22. The second-order valence-corrected chi connectivity index (χ2v) is 2.86. The molecule has 0 heteroatoms. The van der Waals surface area contributed by atoms with Crippen molar-refractivity contribution < 1.29 is 0 Å². The van der Waals surface area contributed by atoms with Crippen molar-refractivity contribution in [3.8, 4) is 0 Å². The van der Waals surface area contributed by atoms with Crippen molar-refractivity contribution in [2.45, 2.75) is 12.8 Å². The molecule has 1 aromatic carbocycles. The number of rotatable bonds is 1. The fourth-order valence-corrected chi connectivity index (χ4v) is 1.35. The van der Waals surface area contributed by atoms with Crippen molar-refractivity contribution >= 4 is 5.57 Å². The minimum absolute atomic E-state index is 1.16. The average molecular weight is 154 g/mol. The molecule has 0 unspecified atom stereocenters. The van der Waals surface area contributed by atoms with Gasteiger partial charge in [0.05, 0.1) is 0 Å². The Hall–Kier alpha value is -1.48. The van der Waals surface area contributed by atoms with E-state index in [4.69, 9.17) is 0 Å². The molecule has 1 aliphatic rings. The Kier molecular flexibility index (Phi) is 1.96. The highest BCUT2D eigenvalue weighted by Crippen LogP contribution is 2.19. The predicted molar refractivity (Wildman–Crippen MR) is 50.5 cm³/mol. The molecule has 0 radical (unpaired) electrons. The van der Waals surface area contributed by atoms with Crippen LogP contribution in [0.1, 0.15) is 18.4 Å². The second-order valence-electron chi connectivity index (χ2n) is 2.86. The molecule has 12 heavy (non-hydrogen) atoms. The second kappa shape index (κ2) is 3.28. The van der Waals surface area contributed by atoms with Crippen LogP contribution in [0, 0.1) is 12.1 Å². The van der Waals surface area contributed by atoms with Gasteiger partial charge >= 0.3 is 0 Å². The first-order valence-corrected chi connectivity index (χ1v) is 4.22. The lowest BCUT2D eigenvalue weighted by Crippen LogP contribution is -1.83. The molecule has 0 atom stereocenters. The summed E-state index contributed by atoms with van der Waals surface area (Å²) < 4.78 is 0. The van der Waals surface area contributed by atoms with Crippen molar-refractivity contribution in [3.63, 3.8) is 0 Å². The highest BCUT2D eigenvalue weighted by Gasteiger charge is 1.98. The maximum Gasteiger partial charge on any atom is -0.00366 e. The molecule has 0 amide bonds. The zero-order chi connectivity index (χ0) is 8.23. The van der Waals surface area contributed by atoms with Crippen molar-refractivity contribution in [2.24, 2.45) is 0 Å². The van der Waals surface area contributed by atoms with E-state index >= 15 is 0 Å². The highest BCUT2D eigenvalue weighted by atomic mass is 14.0. The van der Waals surface area contributed by atoms with Crippen LogP contribution in [0.15, 0.2) is 36.4 Å². The van der Waals surface area contributed by atoms with Gasteiger partial charge in [0.25, 0.3) is 0 Å². The van der Waals surface area contributed by atoms with Crippen molar-refractivity contribution in [1.82, 2.24) is 0 Å². The number of allylic oxidation sites excluding steroid dienone is 4. The molecular weight excluding hydrogens is 144 g/mol. The standard InChI is InChI=1S/C12H10/c1-3-7-11(8-4-1)12-9-5-2-6-10-12/h3,5,7-10H,1,4H2. The molecule has 0 saturated heterocycles. The fraction of sp³-hybridized carbons (Fsp3) is 0.167. The normalized spacial score (nSPS) is 15.2. The van der Waals surface area contributed by atoms with E-state index in [1.807, 2.05) is 12.1 Å². The Morgan fingerprint density at radius 1 is 1.17 bits per heavy atom. The summed E-state index contributed by atoms with van der Waals surface area (Å²) in [5, 5.41) is 0. The molecule has 0 saturated carbocycles. The Labute approximate surface area is 73.2 Å². The predicted octanol–water partition coefficient (Wildman–Crippen LogP) is 3.02. The third kappa shape index (κ3) is 1.40. The lowest BCUT2D eigenvalue weighted by Gasteiger charge is -2.04. The molecule has 0 heterocycles. The van der Waals surface area contributed by atoms with Gasteiger partial charge in [0.1, 0.15) is 0 Å². The first kappa shape index (κ1) is 7.18. The molecule has 1 aliphatic carbocycles. The fourth-order valence-electron chi connectivity index (χ4n) is 1.35. The van der Waals surface area contributed by atoms with Crippen LogP contribution in [0.2, 0.25) is 0 Å². The van der Waals surface area contributed by atoms with Gasteiger partial charge in [-0.1, -0.05) is 30.4 Å². The van der Waals surface area contributed by atoms with Crippen LogP contribution in [0.5, 0.6) is 0 Å². The third-order valence-electron chi connectivity index (χ3n) is 1.99. The summed E-state index contributed by atoms with van der Waals surface area (Å²) in [6, 6.07) is 11.8. The van der Waals surface area contributed by atoms with E-state index in [-0.39, 0.29) is 0 Å². The van der Waals surface area contributed by atoms with E-state index in [2.05, 4.69) is 36.4 Å². The minimum atomic E-state index is 1.16. The quantitative estimate of drug-likeness (QED) is 0.583. The summed E-state index contributed by atoms with van der Waals surface area (Å²) >= 11 is 0. The largest absolute Gasteiger partial charge is 0.0836 e. The van der Waals surface area contributed by atoms with E-state index in [0.717, 1.165) is 6.42 Å². The topological polar surface area (TPSA) is 0 Å². The maximum absolute atomic E-state index is 2.96. The van der Waals surface area contributed by atoms with E-state index in [1.165, 1.54) is 17.6 Å². The van der Waals surface area contributed by atoms with Crippen LogP contribution < -0.4 is 0 Å². The van der Waals surface area contributed by atoms with Crippen LogP contribution in [0.25, 0.3) is 5.57 Å². The maximum atomic E-state index is 2.96. The summed E-state index contributed by atoms with van der Waals surface area (Å²) in [4.78, 5) is 0. The molecule has 0 fully saturated rings. The van der Waals surface area contributed by atoms with Gasteiger partial charge in [-0.15, -0.1) is 0 Å². The minimum Gasteiger partial charge on any atom is -0.0836 e. The van der Waals surface area contributed by atoms with Gasteiger partial charge in [0.2, 0.25) is 0 Å². The Bertz CT molecular complexity index is 304. The molecular formula is C12H10. The SMILES string of the molecule is c1ccc(C2=CCCC=C2)cc#1. The zero-order valence-corrected chi connectivity index (χ0v) is 6.88. The zero-order valence-electron chi connectivity index (χ0n) is 6.88. The van der Waals surface area contributed by atoms with E-state index in [9.17, 15) is 0 Å². The van der Waals surface area contributed by atoms with Gasteiger partial charge in [0.15, 0.2) is 0 Å². The van der Waals surface area contributed by atoms with Gasteiger partial charge in [-0.2, -0.15) is 0 Å². The Morgan fingerprint density at radius 3 is 2.83 bits per heavy atom. The molecule has 0 nitrogen and oxygen atoms in total. The van der Waals surface area contributed by atoms with E-state index in [1.54, 1.807) is 0 Å². The van der Waals surface area contributed by atoms with Gasteiger partial charge in [-0.05, 0) is 42.2 Å². The number of hydrogen-bond donors (Lipinski definition) is 0. The summed E-state index contributed by atoms with van der Waals surface area (Å²) in [7, 11) is 0. The molecule has 0 bridgehead atoms. The Morgan fingerprint density at radius 2 is 2.17 bits per heavy atom. The molecule has 0 aromatic heterocycles. The smallest absolute Gasteiger partial charge is 0.00366 e. The molecule has 0 N–H and O–H groups in total. The average Bonchev–Trinajstić information content (AvgIpc) is 2.21. The highest BCUT2D eigenvalue weighted by molar-refractivity contribution is 5.74. The van der Waals surface area contributed by atoms with Crippen molar-refractivity contribution in [1.29, 1.82) is 0 Å². The molecule has 0 aliphatic heterocycles. The van der Waals surface area contributed by atoms with Gasteiger partial charge in [0, 0.05) is 0 Å². The lowest BCUT2D eigenvalue weighted by molar-refractivity contribution is 1.04. The Balaban J connectivity index is 2.31. The third-order valence-corrected chi connectivity index (χ3v) is 1.99. The molecule has 2 rings (SSSR count). The van der Waals surface area contributed by atoms with Gasteiger partial charge in [-0.3, -0.25) is 0 Å². The molecule has 1 aromatic rings. The summed E-state index contributed by atoms with van der Waals surface area (Å²) in [5.74, 6) is 0. The summed E-state index contributed by atoms with van der Waals surface area (Å²) in [6.45, 7) is 0. The van der Waals surface area contributed by atoms with Crippen LogP contribution >= 0.6 is 0 Å². The van der Waals surface area contributed by atoms with Crippen LogP contribution in [0.4, 0.5) is 0 Å². The monoisotopic (exact) mass is 154 g/mol. The van der Waals surface area contributed by atoms with Gasteiger partial charge in [-0.25, -0.2) is 0 Å². The van der Waals surface area contributed by atoms with Crippen molar-refractivity contribution in [3.05, 3.63) is 54.1 Å². The van der Waals surface area contributed by atoms with E-state index < -0.39 is 0 Å². The summed E-state index contributed by atoms with van der Waals surface area (Å²) in [6.07, 6.45) is 8.98.